The zero-order valence-corrected chi connectivity index (χ0v) is 10.9. The van der Waals surface area contributed by atoms with E-state index in [1.807, 2.05) is 12.1 Å². The normalized spacial score (nSPS) is 27.1. The van der Waals surface area contributed by atoms with Crippen LogP contribution >= 0.6 is 0 Å². The lowest BCUT2D eigenvalue weighted by atomic mass is 9.79. The summed E-state index contributed by atoms with van der Waals surface area (Å²) in [5.74, 6) is -1.04. The maximum Gasteiger partial charge on any atom is 0.306 e. The van der Waals surface area contributed by atoms with E-state index in [2.05, 4.69) is 10.3 Å². The molecule has 1 heterocycles. The largest absolute Gasteiger partial charge is 0.481 e. The SMILES string of the molecule is O=C(O)C1CCC(O)(CNCc2cccnc2)CC1. The third-order valence-electron chi connectivity index (χ3n) is 3.77. The van der Waals surface area contributed by atoms with Crippen molar-refractivity contribution in [3.05, 3.63) is 30.1 Å². The van der Waals surface area contributed by atoms with Crippen molar-refractivity contribution in [2.45, 2.75) is 37.8 Å². The van der Waals surface area contributed by atoms with Crippen LogP contribution in [-0.4, -0.2) is 33.3 Å². The second kappa shape index (κ2) is 6.12. The minimum atomic E-state index is -0.770. The first-order valence-electron chi connectivity index (χ1n) is 6.64. The average molecular weight is 264 g/mol. The second-order valence-corrected chi connectivity index (χ2v) is 5.30. The lowest BCUT2D eigenvalue weighted by Gasteiger charge is -2.34. The summed E-state index contributed by atoms with van der Waals surface area (Å²) in [6.07, 6.45) is 5.72. The van der Waals surface area contributed by atoms with Crippen LogP contribution in [0.15, 0.2) is 24.5 Å². The molecule has 19 heavy (non-hydrogen) atoms. The monoisotopic (exact) mass is 264 g/mol. The van der Waals surface area contributed by atoms with Gasteiger partial charge < -0.3 is 15.5 Å². The van der Waals surface area contributed by atoms with Crippen LogP contribution in [0.5, 0.6) is 0 Å². The number of pyridine rings is 1. The van der Waals surface area contributed by atoms with E-state index < -0.39 is 11.6 Å². The number of aliphatic carboxylic acids is 1. The van der Waals surface area contributed by atoms with E-state index in [-0.39, 0.29) is 5.92 Å². The Morgan fingerprint density at radius 1 is 1.47 bits per heavy atom. The molecule has 1 aliphatic carbocycles. The highest BCUT2D eigenvalue weighted by Gasteiger charge is 2.35. The number of carbonyl (C=O) groups is 1. The molecule has 0 atom stereocenters. The topological polar surface area (TPSA) is 82.5 Å². The molecule has 0 spiro atoms. The molecule has 1 saturated carbocycles. The fourth-order valence-electron chi connectivity index (χ4n) is 2.52. The van der Waals surface area contributed by atoms with Crippen molar-refractivity contribution < 1.29 is 15.0 Å². The van der Waals surface area contributed by atoms with Crippen molar-refractivity contribution in [3.8, 4) is 0 Å². The highest BCUT2D eigenvalue weighted by atomic mass is 16.4. The van der Waals surface area contributed by atoms with Crippen molar-refractivity contribution in [1.82, 2.24) is 10.3 Å². The summed E-state index contributed by atoms with van der Waals surface area (Å²) in [6, 6.07) is 3.86. The standard InChI is InChI=1S/C14H20N2O3/c17-13(18)12-3-5-14(19,6-4-12)10-16-9-11-2-1-7-15-8-11/h1-2,7-8,12,16,19H,3-6,9-10H2,(H,17,18). The van der Waals surface area contributed by atoms with Crippen LogP contribution in [0, 0.1) is 5.92 Å². The Labute approximate surface area is 112 Å². The lowest BCUT2D eigenvalue weighted by molar-refractivity contribution is -0.144. The molecule has 0 bridgehead atoms. The molecule has 1 aromatic heterocycles. The van der Waals surface area contributed by atoms with Gasteiger partial charge in [-0.3, -0.25) is 9.78 Å². The van der Waals surface area contributed by atoms with E-state index in [4.69, 9.17) is 5.11 Å². The maximum atomic E-state index is 10.9. The zero-order valence-electron chi connectivity index (χ0n) is 10.9. The predicted octanol–water partition coefficient (Wildman–Crippen LogP) is 1.18. The van der Waals surface area contributed by atoms with E-state index in [0.717, 1.165) is 5.56 Å². The van der Waals surface area contributed by atoms with Gasteiger partial charge >= 0.3 is 5.97 Å². The summed E-state index contributed by atoms with van der Waals surface area (Å²) in [5.41, 5.74) is 0.305. The van der Waals surface area contributed by atoms with Gasteiger partial charge in [-0.25, -0.2) is 0 Å². The average Bonchev–Trinajstić information content (AvgIpc) is 2.40. The minimum Gasteiger partial charge on any atom is -0.481 e. The molecule has 1 aliphatic rings. The number of hydrogen-bond acceptors (Lipinski definition) is 4. The zero-order chi connectivity index (χ0) is 13.7. The molecule has 1 aromatic rings. The van der Waals surface area contributed by atoms with Crippen LogP contribution in [0.2, 0.25) is 0 Å². The molecular formula is C14H20N2O3. The summed E-state index contributed by atoms with van der Waals surface area (Å²) in [4.78, 5) is 14.9. The molecule has 0 amide bonds. The van der Waals surface area contributed by atoms with Crippen molar-refractivity contribution in [2.24, 2.45) is 5.92 Å². The van der Waals surface area contributed by atoms with E-state index in [0.29, 0.717) is 38.8 Å². The Hall–Kier alpha value is -1.46. The van der Waals surface area contributed by atoms with Gasteiger partial charge in [-0.2, -0.15) is 0 Å². The van der Waals surface area contributed by atoms with Crippen LogP contribution in [0.25, 0.3) is 0 Å². The fraction of sp³-hybridized carbons (Fsp3) is 0.571. The summed E-state index contributed by atoms with van der Waals surface area (Å²) in [6.45, 7) is 1.16. The highest BCUT2D eigenvalue weighted by molar-refractivity contribution is 5.70. The molecule has 5 heteroatoms. The van der Waals surface area contributed by atoms with Crippen LogP contribution in [-0.2, 0) is 11.3 Å². The number of aliphatic hydroxyl groups is 1. The summed E-state index contributed by atoms with van der Waals surface area (Å²) >= 11 is 0. The quantitative estimate of drug-likeness (QED) is 0.744. The third kappa shape index (κ3) is 4.01. The number of nitrogens with one attached hydrogen (secondary N) is 1. The number of rotatable bonds is 5. The lowest BCUT2D eigenvalue weighted by Crippen LogP contribution is -2.44. The third-order valence-corrected chi connectivity index (χ3v) is 3.77. The molecule has 104 valence electrons. The van der Waals surface area contributed by atoms with Crippen LogP contribution in [0.4, 0.5) is 0 Å². The van der Waals surface area contributed by atoms with Crippen LogP contribution in [0.3, 0.4) is 0 Å². The fourth-order valence-corrected chi connectivity index (χ4v) is 2.52. The second-order valence-electron chi connectivity index (χ2n) is 5.30. The number of hydrogen-bond donors (Lipinski definition) is 3. The van der Waals surface area contributed by atoms with Crippen LogP contribution < -0.4 is 5.32 Å². The van der Waals surface area contributed by atoms with E-state index in [9.17, 15) is 9.90 Å². The molecule has 0 aliphatic heterocycles. The van der Waals surface area contributed by atoms with E-state index in [1.165, 1.54) is 0 Å². The summed E-state index contributed by atoms with van der Waals surface area (Å²) in [5, 5.41) is 22.5. The van der Waals surface area contributed by atoms with Gasteiger partial charge in [0.05, 0.1) is 11.5 Å². The Morgan fingerprint density at radius 2 is 2.21 bits per heavy atom. The van der Waals surface area contributed by atoms with Gasteiger partial charge in [-0.15, -0.1) is 0 Å². The van der Waals surface area contributed by atoms with Crippen molar-refractivity contribution in [1.29, 1.82) is 0 Å². The molecule has 5 nitrogen and oxygen atoms in total. The van der Waals surface area contributed by atoms with E-state index >= 15 is 0 Å². The minimum absolute atomic E-state index is 0.293. The van der Waals surface area contributed by atoms with Gasteiger partial charge in [0.15, 0.2) is 0 Å². The molecule has 1 fully saturated rings. The van der Waals surface area contributed by atoms with Gasteiger partial charge in [0.25, 0.3) is 0 Å². The molecule has 2 rings (SSSR count). The number of aromatic nitrogens is 1. The smallest absolute Gasteiger partial charge is 0.306 e. The van der Waals surface area contributed by atoms with Gasteiger partial charge in [-0.05, 0) is 37.3 Å². The molecule has 0 saturated heterocycles. The summed E-state index contributed by atoms with van der Waals surface area (Å²) in [7, 11) is 0. The number of nitrogens with zero attached hydrogens (tertiary/aromatic N) is 1. The Bertz CT molecular complexity index is 414. The first kappa shape index (κ1) is 14.0. The maximum absolute atomic E-state index is 10.9. The van der Waals surface area contributed by atoms with Gasteiger partial charge in [-0.1, -0.05) is 6.07 Å². The van der Waals surface area contributed by atoms with E-state index in [1.54, 1.807) is 12.4 Å². The van der Waals surface area contributed by atoms with Gasteiger partial charge in [0.1, 0.15) is 0 Å². The molecule has 3 N–H and O–H groups in total. The van der Waals surface area contributed by atoms with Crippen LogP contribution in [0.1, 0.15) is 31.2 Å². The molecule has 0 aromatic carbocycles. The van der Waals surface area contributed by atoms with Crippen molar-refractivity contribution >= 4 is 5.97 Å². The first-order valence-corrected chi connectivity index (χ1v) is 6.64. The van der Waals surface area contributed by atoms with Crippen molar-refractivity contribution in [2.75, 3.05) is 6.54 Å². The number of carboxylic acid groups (broad SMARTS) is 1. The first-order chi connectivity index (χ1) is 9.09. The van der Waals surface area contributed by atoms with Gasteiger partial charge in [0, 0.05) is 25.5 Å². The molecular weight excluding hydrogens is 244 g/mol. The molecule has 0 unspecified atom stereocenters. The van der Waals surface area contributed by atoms with Crippen molar-refractivity contribution in [3.63, 3.8) is 0 Å². The number of carboxylic acids is 1. The molecule has 0 radical (unpaired) electrons. The Balaban J connectivity index is 1.75. The Kier molecular flexibility index (Phi) is 4.50. The highest BCUT2D eigenvalue weighted by Crippen LogP contribution is 2.31. The van der Waals surface area contributed by atoms with Gasteiger partial charge in [0.2, 0.25) is 0 Å². The summed E-state index contributed by atoms with van der Waals surface area (Å²) < 4.78 is 0. The predicted molar refractivity (Wildman–Crippen MR) is 70.5 cm³/mol. The Morgan fingerprint density at radius 3 is 2.79 bits per heavy atom.